The number of carbonyl (C=O) groups is 2. The van der Waals surface area contributed by atoms with Crippen molar-refractivity contribution in [1.82, 2.24) is 9.80 Å². The number of methoxy groups -OCH3 is 1. The molecule has 1 aromatic carbocycles. The molecule has 2 aromatic rings. The van der Waals surface area contributed by atoms with Gasteiger partial charge in [-0.25, -0.2) is 0 Å². The molecule has 3 heterocycles. The third-order valence-corrected chi connectivity index (χ3v) is 6.92. The van der Waals surface area contributed by atoms with Crippen LogP contribution in [0.5, 0.6) is 0 Å². The SMILES string of the molecule is CO[C@H]1C(=O)N(Cc2ccccc2)C2(CCN(C(=O)c3cc(C)oc3C)CC2)[C@@H]1CO. The molecule has 0 aliphatic carbocycles. The van der Waals surface area contributed by atoms with Crippen molar-refractivity contribution in [2.75, 3.05) is 26.8 Å². The Labute approximate surface area is 182 Å². The number of furan rings is 1. The minimum atomic E-state index is -0.672. The fourth-order valence-electron chi connectivity index (χ4n) is 5.31. The summed E-state index contributed by atoms with van der Waals surface area (Å²) in [4.78, 5) is 30.0. The third kappa shape index (κ3) is 3.66. The van der Waals surface area contributed by atoms with Crippen LogP contribution in [-0.4, -0.2) is 65.2 Å². The van der Waals surface area contributed by atoms with E-state index in [4.69, 9.17) is 9.15 Å². The number of piperidine rings is 1. The summed E-state index contributed by atoms with van der Waals surface area (Å²) >= 11 is 0. The molecule has 0 bridgehead atoms. The van der Waals surface area contributed by atoms with Crippen molar-refractivity contribution in [3.63, 3.8) is 0 Å². The topological polar surface area (TPSA) is 83.2 Å². The molecule has 4 rings (SSSR count). The normalized spacial score (nSPS) is 23.0. The lowest BCUT2D eigenvalue weighted by atomic mass is 9.76. The van der Waals surface area contributed by atoms with Crippen LogP contribution in [0, 0.1) is 19.8 Å². The van der Waals surface area contributed by atoms with E-state index in [9.17, 15) is 14.7 Å². The summed E-state index contributed by atoms with van der Waals surface area (Å²) < 4.78 is 11.1. The van der Waals surface area contributed by atoms with Gasteiger partial charge in [-0.1, -0.05) is 30.3 Å². The Morgan fingerprint density at radius 3 is 2.45 bits per heavy atom. The molecule has 2 aliphatic rings. The molecule has 2 atom stereocenters. The highest BCUT2D eigenvalue weighted by Crippen LogP contribution is 2.45. The first-order valence-corrected chi connectivity index (χ1v) is 10.8. The van der Waals surface area contributed by atoms with Crippen molar-refractivity contribution in [3.05, 3.63) is 59.0 Å². The monoisotopic (exact) mass is 426 g/mol. The van der Waals surface area contributed by atoms with Gasteiger partial charge in [0, 0.05) is 32.7 Å². The summed E-state index contributed by atoms with van der Waals surface area (Å²) in [5.74, 6) is 0.868. The fraction of sp³-hybridized carbons (Fsp3) is 0.500. The van der Waals surface area contributed by atoms with Crippen LogP contribution in [0.15, 0.2) is 40.8 Å². The molecular formula is C24H30N2O5. The van der Waals surface area contributed by atoms with Gasteiger partial charge in [0.15, 0.2) is 0 Å². The van der Waals surface area contributed by atoms with Gasteiger partial charge in [0.05, 0.1) is 17.7 Å². The van der Waals surface area contributed by atoms with Gasteiger partial charge in [-0.15, -0.1) is 0 Å². The summed E-state index contributed by atoms with van der Waals surface area (Å²) in [5.41, 5.74) is 1.08. The van der Waals surface area contributed by atoms with Gasteiger partial charge in [0.2, 0.25) is 0 Å². The van der Waals surface area contributed by atoms with Crippen LogP contribution in [-0.2, 0) is 16.1 Å². The number of benzene rings is 1. The largest absolute Gasteiger partial charge is 0.466 e. The molecule has 0 radical (unpaired) electrons. The van der Waals surface area contributed by atoms with Crippen LogP contribution in [0.4, 0.5) is 0 Å². The first-order chi connectivity index (χ1) is 14.9. The average Bonchev–Trinajstić information content (AvgIpc) is 3.22. The van der Waals surface area contributed by atoms with Crippen LogP contribution in [0.2, 0.25) is 0 Å². The van der Waals surface area contributed by atoms with Gasteiger partial charge in [-0.2, -0.15) is 0 Å². The number of aliphatic hydroxyl groups is 1. The quantitative estimate of drug-likeness (QED) is 0.795. The lowest BCUT2D eigenvalue weighted by Gasteiger charge is -2.47. The first-order valence-electron chi connectivity index (χ1n) is 10.8. The van der Waals surface area contributed by atoms with Gasteiger partial charge in [0.1, 0.15) is 17.6 Å². The van der Waals surface area contributed by atoms with Gasteiger partial charge in [-0.3, -0.25) is 9.59 Å². The van der Waals surface area contributed by atoms with Crippen LogP contribution in [0.3, 0.4) is 0 Å². The Bertz CT molecular complexity index is 946. The second kappa shape index (κ2) is 8.48. The second-order valence-corrected chi connectivity index (χ2v) is 8.58. The predicted octanol–water partition coefficient (Wildman–Crippen LogP) is 2.54. The van der Waals surface area contributed by atoms with E-state index >= 15 is 0 Å². The number of rotatable bonds is 5. The molecule has 2 amide bonds. The van der Waals surface area contributed by atoms with Crippen LogP contribution >= 0.6 is 0 Å². The number of hydrogen-bond acceptors (Lipinski definition) is 5. The van der Waals surface area contributed by atoms with Gasteiger partial charge in [-0.05, 0) is 38.3 Å². The highest BCUT2D eigenvalue weighted by Gasteiger charge is 2.59. The lowest BCUT2D eigenvalue weighted by Crippen LogP contribution is -2.57. The van der Waals surface area contributed by atoms with Crippen LogP contribution < -0.4 is 0 Å². The predicted molar refractivity (Wildman–Crippen MR) is 114 cm³/mol. The Balaban J connectivity index is 1.59. The maximum atomic E-state index is 13.3. The van der Waals surface area contributed by atoms with E-state index in [1.807, 2.05) is 47.1 Å². The van der Waals surface area contributed by atoms with Crippen molar-refractivity contribution >= 4 is 11.8 Å². The van der Waals surface area contributed by atoms with E-state index in [2.05, 4.69) is 0 Å². The fourth-order valence-corrected chi connectivity index (χ4v) is 5.31. The number of aliphatic hydroxyl groups excluding tert-OH is 1. The van der Waals surface area contributed by atoms with E-state index in [-0.39, 0.29) is 24.3 Å². The highest BCUT2D eigenvalue weighted by atomic mass is 16.5. The van der Waals surface area contributed by atoms with Crippen molar-refractivity contribution < 1.29 is 23.8 Å². The summed E-state index contributed by atoms with van der Waals surface area (Å²) in [5, 5.41) is 10.2. The van der Waals surface area contributed by atoms with Crippen molar-refractivity contribution in [2.45, 2.75) is 44.9 Å². The third-order valence-electron chi connectivity index (χ3n) is 6.92. The number of amides is 2. The molecule has 31 heavy (non-hydrogen) atoms. The molecule has 1 spiro atoms. The molecule has 0 unspecified atom stereocenters. The first kappa shape index (κ1) is 21.6. The minimum Gasteiger partial charge on any atom is -0.466 e. The van der Waals surface area contributed by atoms with E-state index in [0.717, 1.165) is 5.56 Å². The van der Waals surface area contributed by atoms with Crippen molar-refractivity contribution in [1.29, 1.82) is 0 Å². The molecule has 166 valence electrons. The number of likely N-dealkylation sites (tertiary alicyclic amines) is 2. The molecule has 2 saturated heterocycles. The maximum absolute atomic E-state index is 13.3. The molecule has 1 N–H and O–H groups in total. The molecule has 2 fully saturated rings. The van der Waals surface area contributed by atoms with Gasteiger partial charge >= 0.3 is 0 Å². The molecule has 7 heteroatoms. The Kier molecular flexibility index (Phi) is 5.90. The highest BCUT2D eigenvalue weighted by molar-refractivity contribution is 5.95. The second-order valence-electron chi connectivity index (χ2n) is 8.58. The minimum absolute atomic E-state index is 0.0491. The zero-order valence-corrected chi connectivity index (χ0v) is 18.3. The Morgan fingerprint density at radius 2 is 1.90 bits per heavy atom. The number of aryl methyl sites for hydroxylation is 2. The lowest BCUT2D eigenvalue weighted by molar-refractivity contribution is -0.139. The Hall–Kier alpha value is -2.64. The molecule has 7 nitrogen and oxygen atoms in total. The summed E-state index contributed by atoms with van der Waals surface area (Å²) in [6.45, 7) is 4.97. The van der Waals surface area contributed by atoms with E-state index in [0.29, 0.717) is 49.6 Å². The number of hydrogen-bond donors (Lipinski definition) is 1. The number of nitrogens with zero attached hydrogens (tertiary/aromatic N) is 2. The molecule has 2 aliphatic heterocycles. The van der Waals surface area contributed by atoms with E-state index in [1.165, 1.54) is 7.11 Å². The number of carbonyl (C=O) groups excluding carboxylic acids is 2. The summed E-state index contributed by atoms with van der Waals surface area (Å²) in [6.07, 6.45) is 0.519. The maximum Gasteiger partial charge on any atom is 0.257 e. The van der Waals surface area contributed by atoms with Gasteiger partial charge < -0.3 is 24.1 Å². The van der Waals surface area contributed by atoms with E-state index in [1.54, 1.807) is 13.0 Å². The van der Waals surface area contributed by atoms with Crippen molar-refractivity contribution in [3.8, 4) is 0 Å². The van der Waals surface area contributed by atoms with Crippen LogP contribution in [0.1, 0.15) is 40.3 Å². The van der Waals surface area contributed by atoms with Gasteiger partial charge in [0.25, 0.3) is 11.8 Å². The van der Waals surface area contributed by atoms with Crippen molar-refractivity contribution in [2.24, 2.45) is 5.92 Å². The number of ether oxygens (including phenoxy) is 1. The van der Waals surface area contributed by atoms with E-state index < -0.39 is 11.6 Å². The standard InChI is InChI=1S/C24H30N2O5/c1-16-13-19(17(2)31-16)22(28)25-11-9-24(10-12-25)20(15-27)21(30-3)23(29)26(24)14-18-7-5-4-6-8-18/h4-8,13,20-21,27H,9-12,14-15H2,1-3H3/t20-,21-/m1/s1. The molecular weight excluding hydrogens is 396 g/mol. The smallest absolute Gasteiger partial charge is 0.257 e. The summed E-state index contributed by atoms with van der Waals surface area (Å²) in [7, 11) is 1.52. The summed E-state index contributed by atoms with van der Waals surface area (Å²) in [6, 6.07) is 11.6. The zero-order valence-electron chi connectivity index (χ0n) is 18.3. The Morgan fingerprint density at radius 1 is 1.23 bits per heavy atom. The molecule has 0 saturated carbocycles. The zero-order chi connectivity index (χ0) is 22.2. The average molecular weight is 427 g/mol. The van der Waals surface area contributed by atoms with Crippen LogP contribution in [0.25, 0.3) is 0 Å². The molecule has 1 aromatic heterocycles.